The van der Waals surface area contributed by atoms with Crippen LogP contribution in [0.5, 0.6) is 0 Å². The molecule has 0 amide bonds. The highest BCUT2D eigenvalue weighted by Crippen LogP contribution is 2.04. The summed E-state index contributed by atoms with van der Waals surface area (Å²) in [5.41, 5.74) is 0. The molecule has 0 aromatic rings. The topological polar surface area (TPSA) is 63.2 Å². The van der Waals surface area contributed by atoms with Crippen molar-refractivity contribution in [3.63, 3.8) is 0 Å². The summed E-state index contributed by atoms with van der Waals surface area (Å²) in [5.74, 6) is -0.383. The van der Waals surface area contributed by atoms with E-state index >= 15 is 0 Å². The molecule has 1 rings (SSSR count). The van der Waals surface area contributed by atoms with Crippen LogP contribution in [0.25, 0.3) is 0 Å². The van der Waals surface area contributed by atoms with Gasteiger partial charge < -0.3 is 4.79 Å². The lowest BCUT2D eigenvalue weighted by atomic mass is 10.2. The molecule has 1 saturated heterocycles. The van der Waals surface area contributed by atoms with Crippen molar-refractivity contribution in [1.82, 2.24) is 4.72 Å². The van der Waals surface area contributed by atoms with Crippen molar-refractivity contribution in [3.8, 4) is 0 Å². The Bertz CT molecular complexity index is 208. The van der Waals surface area contributed by atoms with Crippen molar-refractivity contribution < 1.29 is 13.2 Å². The molecule has 52 valence electrons. The molecule has 0 radical (unpaired) electrons. The van der Waals surface area contributed by atoms with Crippen LogP contribution in [0.15, 0.2) is 0 Å². The van der Waals surface area contributed by atoms with Crippen LogP contribution in [-0.4, -0.2) is 27.0 Å². The molecule has 0 bridgehead atoms. The first-order valence-electron chi connectivity index (χ1n) is 2.57. The molecule has 1 unspecified atom stereocenters. The summed E-state index contributed by atoms with van der Waals surface area (Å²) in [6, 6.07) is 0. The molecule has 1 atom stereocenters. The Labute approximate surface area is 53.3 Å². The highest BCUT2D eigenvalue weighted by Gasteiger charge is 2.26. The van der Waals surface area contributed by atoms with E-state index in [9.17, 15) is 13.2 Å². The van der Waals surface area contributed by atoms with Crippen LogP contribution in [-0.2, 0) is 14.8 Å². The van der Waals surface area contributed by atoms with Gasteiger partial charge in [-0.3, -0.25) is 0 Å². The zero-order chi connectivity index (χ0) is 6.91. The summed E-state index contributed by atoms with van der Waals surface area (Å²) in [6.45, 7) is 0.270. The Hall–Kier alpha value is -0.420. The molecule has 0 spiro atoms. The van der Waals surface area contributed by atoms with Crippen molar-refractivity contribution in [2.45, 2.75) is 0 Å². The lowest BCUT2D eigenvalue weighted by molar-refractivity contribution is -0.110. The van der Waals surface area contributed by atoms with Gasteiger partial charge >= 0.3 is 0 Å². The maximum absolute atomic E-state index is 10.5. The van der Waals surface area contributed by atoms with E-state index in [-0.39, 0.29) is 18.2 Å². The van der Waals surface area contributed by atoms with E-state index in [4.69, 9.17) is 0 Å². The first kappa shape index (κ1) is 6.70. The van der Waals surface area contributed by atoms with Crippen LogP contribution in [0.1, 0.15) is 0 Å². The Morgan fingerprint density at radius 3 is 2.44 bits per heavy atom. The lowest BCUT2D eigenvalue weighted by Crippen LogP contribution is -2.15. The number of hydrogen-bond acceptors (Lipinski definition) is 3. The van der Waals surface area contributed by atoms with Gasteiger partial charge in [-0.25, -0.2) is 13.1 Å². The number of nitrogens with one attached hydrogen (secondary N) is 1. The Balaban J connectivity index is 2.68. The SMILES string of the molecule is O=CC1CNS(=O)(=O)C1. The number of carbonyl (C=O) groups excluding carboxylic acids is 1. The zero-order valence-corrected chi connectivity index (χ0v) is 5.52. The Morgan fingerprint density at radius 1 is 1.56 bits per heavy atom. The van der Waals surface area contributed by atoms with E-state index in [1.807, 2.05) is 0 Å². The average Bonchev–Trinajstić information content (AvgIpc) is 2.10. The quantitative estimate of drug-likeness (QED) is 0.473. The molecule has 1 aliphatic heterocycles. The van der Waals surface area contributed by atoms with Crippen LogP contribution in [0.4, 0.5) is 0 Å². The van der Waals surface area contributed by atoms with E-state index in [0.717, 1.165) is 0 Å². The standard InChI is InChI=1S/C4H7NO3S/c6-2-4-1-5-9(7,8)3-4/h2,4-5H,1,3H2. The fourth-order valence-corrected chi connectivity index (χ4v) is 2.07. The molecular formula is C4H7NO3S. The number of carbonyl (C=O) groups is 1. The minimum Gasteiger partial charge on any atom is -0.303 e. The van der Waals surface area contributed by atoms with E-state index in [1.54, 1.807) is 0 Å². The minimum atomic E-state index is -3.09. The van der Waals surface area contributed by atoms with Gasteiger partial charge in [-0.2, -0.15) is 0 Å². The molecular weight excluding hydrogens is 142 g/mol. The van der Waals surface area contributed by atoms with Crippen LogP contribution >= 0.6 is 0 Å². The van der Waals surface area contributed by atoms with Gasteiger partial charge in [0.2, 0.25) is 10.0 Å². The third-order valence-electron chi connectivity index (χ3n) is 1.19. The van der Waals surface area contributed by atoms with Gasteiger partial charge in [0.15, 0.2) is 0 Å². The highest BCUT2D eigenvalue weighted by molar-refractivity contribution is 7.89. The van der Waals surface area contributed by atoms with E-state index < -0.39 is 10.0 Å². The number of sulfonamides is 1. The molecule has 0 saturated carbocycles. The van der Waals surface area contributed by atoms with E-state index in [2.05, 4.69) is 4.72 Å². The van der Waals surface area contributed by atoms with E-state index in [1.165, 1.54) is 0 Å². The van der Waals surface area contributed by atoms with Crippen LogP contribution < -0.4 is 4.72 Å². The third-order valence-corrected chi connectivity index (χ3v) is 2.66. The van der Waals surface area contributed by atoms with Crippen LogP contribution in [0, 0.1) is 5.92 Å². The van der Waals surface area contributed by atoms with Crippen molar-refractivity contribution in [1.29, 1.82) is 0 Å². The second-order valence-corrected chi connectivity index (χ2v) is 3.88. The van der Waals surface area contributed by atoms with Gasteiger partial charge in [-0.15, -0.1) is 0 Å². The maximum Gasteiger partial charge on any atom is 0.212 e. The number of aldehydes is 1. The first-order chi connectivity index (χ1) is 4.14. The highest BCUT2D eigenvalue weighted by atomic mass is 32.2. The monoisotopic (exact) mass is 149 g/mol. The second-order valence-electron chi connectivity index (χ2n) is 2.03. The van der Waals surface area contributed by atoms with Gasteiger partial charge in [0.25, 0.3) is 0 Å². The molecule has 1 fully saturated rings. The fourth-order valence-electron chi connectivity index (χ4n) is 0.721. The second kappa shape index (κ2) is 2.07. The third kappa shape index (κ3) is 1.49. The molecule has 1 aliphatic rings. The van der Waals surface area contributed by atoms with E-state index in [0.29, 0.717) is 6.29 Å². The normalized spacial score (nSPS) is 32.2. The molecule has 5 heteroatoms. The molecule has 4 nitrogen and oxygen atoms in total. The zero-order valence-electron chi connectivity index (χ0n) is 4.70. The number of rotatable bonds is 1. The number of hydrogen-bond donors (Lipinski definition) is 1. The van der Waals surface area contributed by atoms with Crippen molar-refractivity contribution in [2.24, 2.45) is 5.92 Å². The largest absolute Gasteiger partial charge is 0.303 e. The van der Waals surface area contributed by atoms with Crippen LogP contribution in [0.2, 0.25) is 0 Å². The van der Waals surface area contributed by atoms with Gasteiger partial charge in [-0.1, -0.05) is 0 Å². The fraction of sp³-hybridized carbons (Fsp3) is 0.750. The summed E-state index contributed by atoms with van der Waals surface area (Å²) in [7, 11) is -3.09. The molecule has 0 aromatic carbocycles. The summed E-state index contributed by atoms with van der Waals surface area (Å²) in [6.07, 6.45) is 0.664. The van der Waals surface area contributed by atoms with Gasteiger partial charge in [0, 0.05) is 12.5 Å². The molecule has 1 N–H and O–H groups in total. The lowest BCUT2D eigenvalue weighted by Gasteiger charge is -1.87. The predicted octanol–water partition coefficient (Wildman–Crippen LogP) is -1.27. The summed E-state index contributed by atoms with van der Waals surface area (Å²) >= 11 is 0. The smallest absolute Gasteiger partial charge is 0.212 e. The maximum atomic E-state index is 10.5. The molecule has 0 aliphatic carbocycles. The van der Waals surface area contributed by atoms with Gasteiger partial charge in [0.05, 0.1) is 5.75 Å². The van der Waals surface area contributed by atoms with Crippen molar-refractivity contribution >= 4 is 16.3 Å². The Kier molecular flexibility index (Phi) is 1.54. The average molecular weight is 149 g/mol. The summed E-state index contributed by atoms with van der Waals surface area (Å²) < 4.78 is 23.3. The van der Waals surface area contributed by atoms with Crippen LogP contribution in [0.3, 0.4) is 0 Å². The summed E-state index contributed by atoms with van der Waals surface area (Å²) in [4.78, 5) is 9.99. The first-order valence-corrected chi connectivity index (χ1v) is 4.22. The van der Waals surface area contributed by atoms with Gasteiger partial charge in [0.1, 0.15) is 6.29 Å². The minimum absolute atomic E-state index is 0.0451. The molecule has 9 heavy (non-hydrogen) atoms. The van der Waals surface area contributed by atoms with Crippen molar-refractivity contribution in [2.75, 3.05) is 12.3 Å². The molecule has 1 heterocycles. The summed E-state index contributed by atoms with van der Waals surface area (Å²) in [5, 5.41) is 0. The predicted molar refractivity (Wildman–Crippen MR) is 31.3 cm³/mol. The van der Waals surface area contributed by atoms with Gasteiger partial charge in [-0.05, 0) is 0 Å². The Morgan fingerprint density at radius 2 is 2.22 bits per heavy atom. The van der Waals surface area contributed by atoms with Crippen molar-refractivity contribution in [3.05, 3.63) is 0 Å². The molecule has 0 aromatic heterocycles.